The van der Waals surface area contributed by atoms with E-state index in [1.807, 2.05) is 0 Å². The quantitative estimate of drug-likeness (QED) is 0.170. The number of nitrogen functional groups attached to an aromatic ring is 1. The Morgan fingerprint density at radius 2 is 2.19 bits per heavy atom. The van der Waals surface area contributed by atoms with Crippen LogP contribution in [0.5, 0.6) is 0 Å². The number of thiazole rings is 1. The van der Waals surface area contributed by atoms with E-state index in [9.17, 15) is 22.8 Å². The number of nitrogens with two attached hydrogens (primary N) is 1. The molecule has 0 unspecified atom stereocenters. The summed E-state index contributed by atoms with van der Waals surface area (Å²) in [6.45, 7) is 0.463. The fourth-order valence-electron chi connectivity index (χ4n) is 2.07. The first kappa shape index (κ1) is 19.5. The maximum atomic E-state index is 12.4. The highest BCUT2D eigenvalue weighted by Gasteiger charge is 2.51. The molecule has 1 aliphatic heterocycles. The van der Waals surface area contributed by atoms with Crippen LogP contribution in [0.15, 0.2) is 10.5 Å². The molecule has 0 aromatic carbocycles. The summed E-state index contributed by atoms with van der Waals surface area (Å²) in [6, 6.07) is -2.28. The average Bonchev–Trinajstić information content (AvgIpc) is 2.93. The molecule has 142 valence electrons. The summed E-state index contributed by atoms with van der Waals surface area (Å²) in [4.78, 5) is 43.0. The largest absolute Gasteiger partial charge is 0.479 e. The number of β-lactam (4-membered cyclic amide) rings is 1. The highest BCUT2D eigenvalue weighted by molar-refractivity contribution is 7.84. The minimum Gasteiger partial charge on any atom is -0.479 e. The molecule has 1 aromatic heterocycles. The van der Waals surface area contributed by atoms with Gasteiger partial charge in [-0.2, -0.15) is 8.42 Å². The van der Waals surface area contributed by atoms with E-state index in [2.05, 4.69) is 20.3 Å². The number of aromatic nitrogens is 1. The lowest BCUT2D eigenvalue weighted by atomic mass is 10.0. The first-order valence-corrected chi connectivity index (χ1v) is 9.04. The normalized spacial score (nSPS) is 20.5. The molecule has 1 fully saturated rings. The van der Waals surface area contributed by atoms with E-state index in [1.165, 1.54) is 12.3 Å². The smallest absolute Gasteiger partial charge is 0.362 e. The molecule has 2 rings (SSSR count). The van der Waals surface area contributed by atoms with E-state index >= 15 is 0 Å². The highest BCUT2D eigenvalue weighted by Crippen LogP contribution is 2.23. The van der Waals surface area contributed by atoms with Gasteiger partial charge in [-0.25, -0.2) is 14.1 Å². The number of carboxylic acid groups (broad SMARTS) is 1. The SMILES string of the molecule is C[C@@H]1[C@H](NC(=O)/C(=N\OCC(=O)O)c2csc(N)n2)C(=O)N1S(=O)(=O)O. The predicted molar refractivity (Wildman–Crippen MR) is 86.4 cm³/mol. The number of hydrogen-bond acceptors (Lipinski definition) is 10. The number of aliphatic carboxylic acids is 1. The van der Waals surface area contributed by atoms with Gasteiger partial charge in [-0.3, -0.25) is 14.1 Å². The van der Waals surface area contributed by atoms with Crippen molar-refractivity contribution in [2.45, 2.75) is 19.0 Å². The Balaban J connectivity index is 2.17. The van der Waals surface area contributed by atoms with E-state index in [1.54, 1.807) is 0 Å². The van der Waals surface area contributed by atoms with Crippen LogP contribution in [0.2, 0.25) is 0 Å². The lowest BCUT2D eigenvalue weighted by Gasteiger charge is -2.42. The van der Waals surface area contributed by atoms with Crippen LogP contribution in [-0.4, -0.2) is 69.6 Å². The van der Waals surface area contributed by atoms with Crippen LogP contribution in [0.4, 0.5) is 5.13 Å². The Morgan fingerprint density at radius 1 is 1.54 bits per heavy atom. The number of nitrogens with one attached hydrogen (secondary N) is 1. The van der Waals surface area contributed by atoms with Crippen LogP contribution in [0.3, 0.4) is 0 Å². The van der Waals surface area contributed by atoms with Gasteiger partial charge >= 0.3 is 16.3 Å². The maximum absolute atomic E-state index is 12.4. The van der Waals surface area contributed by atoms with Crippen molar-refractivity contribution in [2.75, 3.05) is 12.3 Å². The third kappa shape index (κ3) is 4.06. The molecule has 13 nitrogen and oxygen atoms in total. The number of anilines is 1. The van der Waals surface area contributed by atoms with Crippen LogP contribution in [0, 0.1) is 0 Å². The zero-order chi connectivity index (χ0) is 19.6. The van der Waals surface area contributed by atoms with Crippen molar-refractivity contribution < 1.29 is 37.3 Å². The monoisotopic (exact) mass is 407 g/mol. The lowest BCUT2D eigenvalue weighted by Crippen LogP contribution is -2.71. The maximum Gasteiger partial charge on any atom is 0.362 e. The van der Waals surface area contributed by atoms with Gasteiger partial charge in [0.25, 0.3) is 11.8 Å². The van der Waals surface area contributed by atoms with Gasteiger partial charge in [0.2, 0.25) is 6.61 Å². The Kier molecular flexibility index (Phi) is 5.43. The summed E-state index contributed by atoms with van der Waals surface area (Å²) in [5, 5.41) is 15.6. The van der Waals surface area contributed by atoms with Gasteiger partial charge in [0.1, 0.15) is 11.7 Å². The number of carbonyl (C=O) groups is 3. The van der Waals surface area contributed by atoms with Gasteiger partial charge in [-0.15, -0.1) is 11.3 Å². The number of amides is 2. The zero-order valence-electron chi connectivity index (χ0n) is 13.0. The summed E-state index contributed by atoms with van der Waals surface area (Å²) in [5.41, 5.74) is 4.99. The number of rotatable bonds is 7. The third-order valence-electron chi connectivity index (χ3n) is 3.19. The van der Waals surface area contributed by atoms with E-state index in [0.717, 1.165) is 11.3 Å². The summed E-state index contributed by atoms with van der Waals surface area (Å²) >= 11 is 0.980. The minimum absolute atomic E-state index is 0.0264. The molecule has 2 heterocycles. The molecule has 0 aliphatic carbocycles. The zero-order valence-corrected chi connectivity index (χ0v) is 14.7. The average molecular weight is 407 g/mol. The number of hydrogen-bond donors (Lipinski definition) is 4. The molecular weight excluding hydrogens is 394 g/mol. The lowest BCUT2D eigenvalue weighted by molar-refractivity contribution is -0.143. The third-order valence-corrected chi connectivity index (χ3v) is 4.88. The molecule has 1 saturated heterocycles. The molecule has 26 heavy (non-hydrogen) atoms. The second kappa shape index (κ2) is 7.22. The molecule has 1 aromatic rings. The van der Waals surface area contributed by atoms with Crippen LogP contribution in [0.1, 0.15) is 12.6 Å². The topological polar surface area (TPSA) is 202 Å². The van der Waals surface area contributed by atoms with Gasteiger partial charge in [0.15, 0.2) is 10.8 Å². The standard InChI is InChI=1S/C11H13N5O8S2/c1-4-7(10(20)16(4)26(21,22)23)14-9(19)8(15-24-2-6(17)18)5-3-25-11(12)13-5/h3-4,7H,2H2,1H3,(H2,12,13)(H,14,19)(H,17,18)(H,21,22,23)/b15-8-/t4-,7+/m1/s1. The molecule has 5 N–H and O–H groups in total. The molecule has 15 heteroatoms. The molecule has 0 radical (unpaired) electrons. The molecule has 0 bridgehead atoms. The Hall–Kier alpha value is -2.78. The van der Waals surface area contributed by atoms with Crippen molar-refractivity contribution in [3.8, 4) is 0 Å². The van der Waals surface area contributed by atoms with Crippen molar-refractivity contribution in [3.05, 3.63) is 11.1 Å². The summed E-state index contributed by atoms with van der Waals surface area (Å²) in [6.07, 6.45) is 0. The first-order valence-electron chi connectivity index (χ1n) is 6.77. The van der Waals surface area contributed by atoms with E-state index in [4.69, 9.17) is 15.4 Å². The summed E-state index contributed by atoms with van der Waals surface area (Å²) in [7, 11) is -4.74. The predicted octanol–water partition coefficient (Wildman–Crippen LogP) is -1.95. The van der Waals surface area contributed by atoms with Crippen LogP contribution in [-0.2, 0) is 29.5 Å². The van der Waals surface area contributed by atoms with E-state index in [0.29, 0.717) is 0 Å². The summed E-state index contributed by atoms with van der Waals surface area (Å²) < 4.78 is 31.2. The van der Waals surface area contributed by atoms with Crippen LogP contribution < -0.4 is 11.1 Å². The molecular formula is C11H13N5O8S2. The highest BCUT2D eigenvalue weighted by atomic mass is 32.2. The Bertz CT molecular complexity index is 879. The first-order chi connectivity index (χ1) is 12.0. The van der Waals surface area contributed by atoms with Gasteiger partial charge in [-0.1, -0.05) is 5.16 Å². The molecule has 2 atom stereocenters. The van der Waals surface area contributed by atoms with Crippen LogP contribution in [0.25, 0.3) is 0 Å². The molecule has 2 amide bonds. The number of nitrogens with zero attached hydrogens (tertiary/aromatic N) is 3. The van der Waals surface area contributed by atoms with Gasteiger partial charge in [0.05, 0.1) is 6.04 Å². The van der Waals surface area contributed by atoms with E-state index < -0.39 is 52.5 Å². The Labute approximate surface area is 150 Å². The van der Waals surface area contributed by atoms with Crippen LogP contribution >= 0.6 is 11.3 Å². The Morgan fingerprint density at radius 3 is 2.65 bits per heavy atom. The van der Waals surface area contributed by atoms with Crippen molar-refractivity contribution in [1.82, 2.24) is 14.6 Å². The van der Waals surface area contributed by atoms with Crippen molar-refractivity contribution in [1.29, 1.82) is 0 Å². The second-order valence-electron chi connectivity index (χ2n) is 4.98. The van der Waals surface area contributed by atoms with E-state index in [-0.39, 0.29) is 15.1 Å². The molecule has 0 saturated carbocycles. The molecule has 0 spiro atoms. The minimum atomic E-state index is -4.74. The van der Waals surface area contributed by atoms with Gasteiger partial charge < -0.3 is 21.0 Å². The number of oxime groups is 1. The number of carboxylic acids is 1. The fraction of sp³-hybridized carbons (Fsp3) is 0.364. The fourth-order valence-corrected chi connectivity index (χ4v) is 3.50. The van der Waals surface area contributed by atoms with Crippen molar-refractivity contribution >= 4 is 50.3 Å². The van der Waals surface area contributed by atoms with Crippen molar-refractivity contribution in [2.24, 2.45) is 5.16 Å². The summed E-state index contributed by atoms with van der Waals surface area (Å²) in [5.74, 6) is -3.35. The second-order valence-corrected chi connectivity index (χ2v) is 7.16. The number of carbonyl (C=O) groups excluding carboxylic acids is 2. The van der Waals surface area contributed by atoms with Gasteiger partial charge in [0, 0.05) is 5.38 Å². The van der Waals surface area contributed by atoms with Crippen molar-refractivity contribution in [3.63, 3.8) is 0 Å². The van der Waals surface area contributed by atoms with Gasteiger partial charge in [-0.05, 0) is 6.92 Å². The molecule has 1 aliphatic rings.